The number of nitrogens with one attached hydrogen (secondary N) is 1. The summed E-state index contributed by atoms with van der Waals surface area (Å²) in [5, 5.41) is 6.53. The molecule has 2 aromatic heterocycles. The number of amides is 1. The lowest BCUT2D eigenvalue weighted by Gasteiger charge is -2.01. The molecule has 0 radical (unpaired) electrons. The molecule has 0 bridgehead atoms. The summed E-state index contributed by atoms with van der Waals surface area (Å²) in [5.41, 5.74) is 0.296. The number of aromatic nitrogens is 2. The molecule has 5 nitrogen and oxygen atoms in total. The van der Waals surface area contributed by atoms with Crippen LogP contribution in [0, 0.1) is 6.92 Å². The maximum atomic E-state index is 11.7. The predicted molar refractivity (Wildman–Crippen MR) is 58.4 cm³/mol. The van der Waals surface area contributed by atoms with E-state index >= 15 is 0 Å². The lowest BCUT2D eigenvalue weighted by atomic mass is 10.2. The fourth-order valence-corrected chi connectivity index (χ4v) is 1.34. The van der Waals surface area contributed by atoms with E-state index in [-0.39, 0.29) is 5.91 Å². The van der Waals surface area contributed by atoms with Crippen molar-refractivity contribution in [2.45, 2.75) is 6.92 Å². The maximum Gasteiger partial charge on any atom is 0.259 e. The quantitative estimate of drug-likeness (QED) is 0.870. The topological polar surface area (TPSA) is 68.0 Å². The summed E-state index contributed by atoms with van der Waals surface area (Å²) in [6.45, 7) is 1.74. The molecular weight excluding hydrogens is 230 g/mol. The van der Waals surface area contributed by atoms with Crippen molar-refractivity contribution >= 4 is 23.3 Å². The van der Waals surface area contributed by atoms with Crippen LogP contribution < -0.4 is 5.32 Å². The first kappa shape index (κ1) is 10.6. The van der Waals surface area contributed by atoms with Gasteiger partial charge in [0.1, 0.15) is 5.76 Å². The molecule has 2 rings (SSSR count). The Hall–Kier alpha value is -1.88. The number of anilines is 1. The van der Waals surface area contributed by atoms with Crippen molar-refractivity contribution in [1.29, 1.82) is 0 Å². The number of carbonyl (C=O) groups is 1. The number of halogens is 1. The van der Waals surface area contributed by atoms with Gasteiger partial charge >= 0.3 is 0 Å². The zero-order valence-corrected chi connectivity index (χ0v) is 9.15. The number of hydrogen-bond acceptors (Lipinski definition) is 4. The third kappa shape index (κ3) is 2.20. The van der Waals surface area contributed by atoms with Crippen LogP contribution in [0.4, 0.5) is 5.82 Å². The highest BCUT2D eigenvalue weighted by Crippen LogP contribution is 2.15. The molecule has 0 aliphatic rings. The number of nitrogens with zero attached hydrogens (tertiary/aromatic N) is 2. The van der Waals surface area contributed by atoms with Crippen LogP contribution >= 0.6 is 11.6 Å². The summed E-state index contributed by atoms with van der Waals surface area (Å²) >= 11 is 5.85. The van der Waals surface area contributed by atoms with Gasteiger partial charge in [0.05, 0.1) is 10.6 Å². The van der Waals surface area contributed by atoms with Crippen LogP contribution in [-0.2, 0) is 0 Å². The first-order valence-electron chi connectivity index (χ1n) is 4.51. The SMILES string of the molecule is Cc1cc(NC(=O)c2cnccc2Cl)no1. The molecule has 2 aromatic rings. The van der Waals surface area contributed by atoms with E-state index in [1.54, 1.807) is 19.1 Å². The van der Waals surface area contributed by atoms with E-state index in [0.29, 0.717) is 22.2 Å². The molecule has 0 spiro atoms. The average molecular weight is 238 g/mol. The van der Waals surface area contributed by atoms with Crippen molar-refractivity contribution in [3.8, 4) is 0 Å². The normalized spacial score (nSPS) is 10.1. The van der Waals surface area contributed by atoms with Gasteiger partial charge in [-0.1, -0.05) is 16.8 Å². The molecular formula is C10H8ClN3O2. The van der Waals surface area contributed by atoms with E-state index in [9.17, 15) is 4.79 Å². The molecule has 0 atom stereocenters. The van der Waals surface area contributed by atoms with Gasteiger partial charge in [0.2, 0.25) is 0 Å². The van der Waals surface area contributed by atoms with E-state index in [1.807, 2.05) is 0 Å². The molecule has 16 heavy (non-hydrogen) atoms. The summed E-state index contributed by atoms with van der Waals surface area (Å²) in [7, 11) is 0. The summed E-state index contributed by atoms with van der Waals surface area (Å²) in [6.07, 6.45) is 2.91. The van der Waals surface area contributed by atoms with Crippen LogP contribution in [0.3, 0.4) is 0 Å². The third-order valence-corrected chi connectivity index (χ3v) is 2.21. The molecule has 0 aliphatic carbocycles. The van der Waals surface area contributed by atoms with Crippen molar-refractivity contribution in [2.24, 2.45) is 0 Å². The van der Waals surface area contributed by atoms with Gasteiger partial charge in [-0.25, -0.2) is 0 Å². The van der Waals surface area contributed by atoms with Crippen molar-refractivity contribution < 1.29 is 9.32 Å². The lowest BCUT2D eigenvalue weighted by Crippen LogP contribution is -2.12. The zero-order chi connectivity index (χ0) is 11.5. The van der Waals surface area contributed by atoms with Crippen molar-refractivity contribution in [1.82, 2.24) is 10.1 Å². The Morgan fingerprint density at radius 1 is 1.56 bits per heavy atom. The molecule has 0 saturated heterocycles. The average Bonchev–Trinajstić information content (AvgIpc) is 2.64. The lowest BCUT2D eigenvalue weighted by molar-refractivity contribution is 0.102. The molecule has 0 aliphatic heterocycles. The molecule has 0 saturated carbocycles. The summed E-state index contributed by atoms with van der Waals surface area (Å²) in [6, 6.07) is 3.16. The van der Waals surface area contributed by atoms with Gasteiger partial charge in [-0.15, -0.1) is 0 Å². The van der Waals surface area contributed by atoms with Crippen molar-refractivity contribution in [3.05, 3.63) is 40.9 Å². The second kappa shape index (κ2) is 4.32. The van der Waals surface area contributed by atoms with Gasteiger partial charge in [-0.05, 0) is 13.0 Å². The van der Waals surface area contributed by atoms with Gasteiger partial charge in [-0.3, -0.25) is 9.78 Å². The Bertz CT molecular complexity index is 524. The minimum atomic E-state index is -0.369. The van der Waals surface area contributed by atoms with Crippen LogP contribution in [0.15, 0.2) is 29.0 Å². The highest BCUT2D eigenvalue weighted by molar-refractivity contribution is 6.34. The van der Waals surface area contributed by atoms with Gasteiger partial charge < -0.3 is 9.84 Å². The number of hydrogen-bond donors (Lipinski definition) is 1. The molecule has 1 N–H and O–H groups in total. The zero-order valence-electron chi connectivity index (χ0n) is 8.40. The van der Waals surface area contributed by atoms with E-state index in [0.717, 1.165) is 0 Å². The Kier molecular flexibility index (Phi) is 2.87. The van der Waals surface area contributed by atoms with Crippen molar-refractivity contribution in [2.75, 3.05) is 5.32 Å². The fourth-order valence-electron chi connectivity index (χ4n) is 1.15. The summed E-state index contributed by atoms with van der Waals surface area (Å²) in [4.78, 5) is 15.6. The first-order chi connectivity index (χ1) is 7.66. The maximum absolute atomic E-state index is 11.7. The minimum Gasteiger partial charge on any atom is -0.360 e. The standard InChI is InChI=1S/C10H8ClN3O2/c1-6-4-9(14-16-6)13-10(15)7-5-12-3-2-8(7)11/h2-5H,1H3,(H,13,14,15). The van der Waals surface area contributed by atoms with Crippen molar-refractivity contribution in [3.63, 3.8) is 0 Å². The van der Waals surface area contributed by atoms with Crippen LogP contribution in [0.1, 0.15) is 16.1 Å². The molecule has 2 heterocycles. The third-order valence-electron chi connectivity index (χ3n) is 1.88. The fraction of sp³-hybridized carbons (Fsp3) is 0.100. The largest absolute Gasteiger partial charge is 0.360 e. The van der Waals surface area contributed by atoms with E-state index in [4.69, 9.17) is 16.1 Å². The second-order valence-corrected chi connectivity index (χ2v) is 3.54. The van der Waals surface area contributed by atoms with Gasteiger partial charge in [0.25, 0.3) is 5.91 Å². The van der Waals surface area contributed by atoms with Gasteiger partial charge in [0, 0.05) is 18.5 Å². The predicted octanol–water partition coefficient (Wildman–Crippen LogP) is 2.28. The molecule has 1 amide bonds. The smallest absolute Gasteiger partial charge is 0.259 e. The van der Waals surface area contributed by atoms with E-state index in [2.05, 4.69) is 15.5 Å². The summed E-state index contributed by atoms with van der Waals surface area (Å²) in [5.74, 6) is 0.599. The van der Waals surface area contributed by atoms with Crippen LogP contribution in [-0.4, -0.2) is 16.0 Å². The Balaban J connectivity index is 2.18. The van der Waals surface area contributed by atoms with Gasteiger partial charge in [0.15, 0.2) is 5.82 Å². The Morgan fingerprint density at radius 2 is 2.38 bits per heavy atom. The number of rotatable bonds is 2. The number of aryl methyl sites for hydroxylation is 1. The molecule has 82 valence electrons. The monoisotopic (exact) mass is 237 g/mol. The molecule has 0 fully saturated rings. The highest BCUT2D eigenvalue weighted by Gasteiger charge is 2.12. The first-order valence-corrected chi connectivity index (χ1v) is 4.89. The van der Waals surface area contributed by atoms with E-state index < -0.39 is 0 Å². The van der Waals surface area contributed by atoms with Crippen LogP contribution in [0.25, 0.3) is 0 Å². The Labute approximate surface area is 96.4 Å². The number of pyridine rings is 1. The Morgan fingerprint density at radius 3 is 3.00 bits per heavy atom. The van der Waals surface area contributed by atoms with E-state index in [1.165, 1.54) is 12.4 Å². The molecule has 6 heteroatoms. The highest BCUT2D eigenvalue weighted by atomic mass is 35.5. The minimum absolute atomic E-state index is 0.296. The molecule has 0 unspecified atom stereocenters. The van der Waals surface area contributed by atoms with Crippen LogP contribution in [0.5, 0.6) is 0 Å². The van der Waals surface area contributed by atoms with Crippen LogP contribution in [0.2, 0.25) is 5.02 Å². The van der Waals surface area contributed by atoms with Gasteiger partial charge in [-0.2, -0.15) is 0 Å². The molecule has 0 aromatic carbocycles. The number of carbonyl (C=O) groups excluding carboxylic acids is 1. The second-order valence-electron chi connectivity index (χ2n) is 3.13. The summed E-state index contributed by atoms with van der Waals surface area (Å²) < 4.78 is 4.82.